The molecule has 1 saturated heterocycles. The Balaban J connectivity index is 1.52. The second-order valence-electron chi connectivity index (χ2n) is 10.1. The van der Waals surface area contributed by atoms with Crippen LogP contribution in [-0.4, -0.2) is 43.0 Å². The molecular weight excluding hydrogens is 546 g/mol. The number of methoxy groups -OCH3 is 3. The highest BCUT2D eigenvalue weighted by Crippen LogP contribution is 2.41. The number of aryl methyl sites for hydroxylation is 1. The molecule has 0 radical (unpaired) electrons. The van der Waals surface area contributed by atoms with E-state index in [2.05, 4.69) is 0 Å². The largest absolute Gasteiger partial charge is 0.507 e. The second-order valence-corrected chi connectivity index (χ2v) is 10.1. The van der Waals surface area contributed by atoms with E-state index < -0.39 is 17.7 Å². The number of aliphatic hydroxyl groups is 1. The number of Topliss-reactive ketones (excluding diaryl/α,β-unsaturated/α-hetero) is 1. The smallest absolute Gasteiger partial charge is 0.295 e. The van der Waals surface area contributed by atoms with Crippen LogP contribution in [0.5, 0.6) is 23.0 Å². The zero-order valence-electron chi connectivity index (χ0n) is 24.5. The Morgan fingerprint density at radius 1 is 0.767 bits per heavy atom. The fourth-order valence-electron chi connectivity index (χ4n) is 5.20. The molecule has 220 valence electrons. The number of rotatable bonds is 10. The van der Waals surface area contributed by atoms with Crippen LogP contribution in [0.1, 0.15) is 33.9 Å². The van der Waals surface area contributed by atoms with Crippen LogP contribution in [0.25, 0.3) is 5.76 Å². The van der Waals surface area contributed by atoms with Crippen molar-refractivity contribution in [2.24, 2.45) is 0 Å². The number of hydrogen-bond donors (Lipinski definition) is 1. The van der Waals surface area contributed by atoms with Gasteiger partial charge < -0.3 is 29.0 Å². The Morgan fingerprint density at radius 3 is 2.12 bits per heavy atom. The molecule has 43 heavy (non-hydrogen) atoms. The van der Waals surface area contributed by atoms with Crippen molar-refractivity contribution in [3.05, 3.63) is 124 Å². The fraction of sp³-hybridized carbons (Fsp3) is 0.200. The van der Waals surface area contributed by atoms with Crippen LogP contribution in [0, 0.1) is 6.92 Å². The van der Waals surface area contributed by atoms with Crippen LogP contribution < -0.4 is 18.9 Å². The number of aliphatic hydroxyl groups excluding tert-OH is 1. The van der Waals surface area contributed by atoms with Gasteiger partial charge in [-0.05, 0) is 71.6 Å². The number of ether oxygens (including phenoxy) is 4. The van der Waals surface area contributed by atoms with Gasteiger partial charge in [-0.3, -0.25) is 9.59 Å². The first-order valence-electron chi connectivity index (χ1n) is 13.8. The molecule has 1 N–H and O–H groups in total. The average molecular weight is 580 g/mol. The Labute approximate surface area is 250 Å². The van der Waals surface area contributed by atoms with Crippen molar-refractivity contribution < 1.29 is 33.6 Å². The zero-order chi connectivity index (χ0) is 30.5. The number of carbonyl (C=O) groups excluding carboxylic acids is 2. The molecule has 8 heteroatoms. The predicted molar refractivity (Wildman–Crippen MR) is 162 cm³/mol. The van der Waals surface area contributed by atoms with Crippen molar-refractivity contribution in [1.82, 2.24) is 4.90 Å². The Kier molecular flexibility index (Phi) is 8.66. The van der Waals surface area contributed by atoms with Crippen LogP contribution in [0.3, 0.4) is 0 Å². The monoisotopic (exact) mass is 579 g/mol. The van der Waals surface area contributed by atoms with Crippen LogP contribution in [0.4, 0.5) is 0 Å². The molecule has 4 aromatic carbocycles. The molecule has 1 amide bonds. The van der Waals surface area contributed by atoms with Crippen molar-refractivity contribution >= 4 is 17.4 Å². The quantitative estimate of drug-likeness (QED) is 0.135. The predicted octanol–water partition coefficient (Wildman–Crippen LogP) is 6.22. The van der Waals surface area contributed by atoms with E-state index in [0.29, 0.717) is 40.7 Å². The molecule has 1 aliphatic rings. The maximum Gasteiger partial charge on any atom is 0.295 e. The van der Waals surface area contributed by atoms with Crippen molar-refractivity contribution in [3.63, 3.8) is 0 Å². The third-order valence-electron chi connectivity index (χ3n) is 7.46. The van der Waals surface area contributed by atoms with Crippen LogP contribution in [0.2, 0.25) is 0 Å². The summed E-state index contributed by atoms with van der Waals surface area (Å²) in [6.45, 7) is 2.36. The van der Waals surface area contributed by atoms with E-state index in [0.717, 1.165) is 16.7 Å². The van der Waals surface area contributed by atoms with E-state index in [9.17, 15) is 14.7 Å². The molecule has 1 fully saturated rings. The molecule has 0 aromatic heterocycles. The maximum absolute atomic E-state index is 13.6. The molecule has 8 nitrogen and oxygen atoms in total. The van der Waals surface area contributed by atoms with Gasteiger partial charge in [-0.1, -0.05) is 48.5 Å². The first-order valence-corrected chi connectivity index (χ1v) is 13.8. The van der Waals surface area contributed by atoms with Crippen molar-refractivity contribution in [3.8, 4) is 23.0 Å². The number of carbonyl (C=O) groups is 2. The van der Waals surface area contributed by atoms with E-state index in [-0.39, 0.29) is 17.9 Å². The summed E-state index contributed by atoms with van der Waals surface area (Å²) in [6.07, 6.45) is 0. The molecule has 0 bridgehead atoms. The summed E-state index contributed by atoms with van der Waals surface area (Å²) in [6, 6.07) is 26.6. The maximum atomic E-state index is 13.6. The molecule has 1 atom stereocenters. The average Bonchev–Trinajstić information content (AvgIpc) is 3.29. The third-order valence-corrected chi connectivity index (χ3v) is 7.46. The molecule has 0 aliphatic carbocycles. The molecular formula is C35H33NO7. The van der Waals surface area contributed by atoms with Gasteiger partial charge in [0.1, 0.15) is 23.9 Å². The van der Waals surface area contributed by atoms with Crippen LogP contribution in [-0.2, 0) is 22.7 Å². The van der Waals surface area contributed by atoms with Gasteiger partial charge in [0.2, 0.25) is 0 Å². The molecule has 0 spiro atoms. The van der Waals surface area contributed by atoms with Gasteiger partial charge in [-0.2, -0.15) is 0 Å². The number of amides is 1. The summed E-state index contributed by atoms with van der Waals surface area (Å²) < 4.78 is 22.1. The number of likely N-dealkylation sites (tertiary alicyclic amines) is 1. The molecule has 4 aromatic rings. The number of benzene rings is 4. The lowest BCUT2D eigenvalue weighted by molar-refractivity contribution is -0.140. The molecule has 1 aliphatic heterocycles. The fourth-order valence-corrected chi connectivity index (χ4v) is 5.20. The summed E-state index contributed by atoms with van der Waals surface area (Å²) in [7, 11) is 4.64. The van der Waals surface area contributed by atoms with Gasteiger partial charge in [0, 0.05) is 12.1 Å². The Hall–Kier alpha value is -5.24. The van der Waals surface area contributed by atoms with Gasteiger partial charge >= 0.3 is 0 Å². The van der Waals surface area contributed by atoms with E-state index in [1.54, 1.807) is 68.8 Å². The summed E-state index contributed by atoms with van der Waals surface area (Å²) in [5.74, 6) is 0.599. The highest BCUT2D eigenvalue weighted by molar-refractivity contribution is 6.46. The lowest BCUT2D eigenvalue weighted by Crippen LogP contribution is -2.29. The summed E-state index contributed by atoms with van der Waals surface area (Å²) in [5.41, 5.74) is 3.61. The minimum absolute atomic E-state index is 0.00741. The van der Waals surface area contributed by atoms with Gasteiger partial charge in [0.25, 0.3) is 11.7 Å². The lowest BCUT2D eigenvalue weighted by Gasteiger charge is -2.26. The second kappa shape index (κ2) is 12.7. The minimum atomic E-state index is -0.840. The van der Waals surface area contributed by atoms with Gasteiger partial charge in [0.05, 0.1) is 32.9 Å². The first kappa shape index (κ1) is 29.3. The topological polar surface area (TPSA) is 94.5 Å². The standard InChI is InChI=1S/C35H33NO7/c1-22-18-26(13-17-28(22)43-21-23-8-6-5-7-9-23)33(37)31-32(25-11-14-27(40-2)15-12-25)36(35(39)34(31)38)20-24-10-16-29(41-3)30(19-24)42-4/h5-19,32,37H,20-21H2,1-4H3/b33-31-. The first-order chi connectivity index (χ1) is 20.8. The van der Waals surface area contributed by atoms with E-state index in [1.807, 2.05) is 43.3 Å². The van der Waals surface area contributed by atoms with Crippen molar-refractivity contribution in [2.75, 3.05) is 21.3 Å². The minimum Gasteiger partial charge on any atom is -0.507 e. The van der Waals surface area contributed by atoms with Gasteiger partial charge in [-0.15, -0.1) is 0 Å². The highest BCUT2D eigenvalue weighted by Gasteiger charge is 2.46. The normalized spacial score (nSPS) is 15.8. The van der Waals surface area contributed by atoms with Crippen LogP contribution in [0.15, 0.2) is 96.6 Å². The number of hydrogen-bond acceptors (Lipinski definition) is 7. The van der Waals surface area contributed by atoms with Crippen LogP contribution >= 0.6 is 0 Å². The van der Waals surface area contributed by atoms with E-state index >= 15 is 0 Å². The number of nitrogens with zero attached hydrogens (tertiary/aromatic N) is 1. The van der Waals surface area contributed by atoms with Crippen molar-refractivity contribution in [2.45, 2.75) is 26.1 Å². The third kappa shape index (κ3) is 6.04. The van der Waals surface area contributed by atoms with Crippen molar-refractivity contribution in [1.29, 1.82) is 0 Å². The lowest BCUT2D eigenvalue weighted by atomic mass is 9.94. The van der Waals surface area contributed by atoms with E-state index in [1.165, 1.54) is 12.0 Å². The van der Waals surface area contributed by atoms with E-state index in [4.69, 9.17) is 18.9 Å². The molecule has 1 unspecified atom stereocenters. The highest BCUT2D eigenvalue weighted by atomic mass is 16.5. The summed E-state index contributed by atoms with van der Waals surface area (Å²) in [4.78, 5) is 28.5. The Morgan fingerprint density at radius 2 is 1.47 bits per heavy atom. The molecule has 5 rings (SSSR count). The van der Waals surface area contributed by atoms with Gasteiger partial charge in [-0.25, -0.2) is 0 Å². The Bertz CT molecular complexity index is 1660. The SMILES string of the molecule is COc1ccc(C2/C(=C(/O)c3ccc(OCc4ccccc4)c(C)c3)C(=O)C(=O)N2Cc2ccc(OC)c(OC)c2)cc1. The molecule has 0 saturated carbocycles. The summed E-state index contributed by atoms with van der Waals surface area (Å²) >= 11 is 0. The number of ketones is 1. The summed E-state index contributed by atoms with van der Waals surface area (Å²) in [5, 5.41) is 11.6. The zero-order valence-corrected chi connectivity index (χ0v) is 24.5. The molecule has 1 heterocycles. The van der Waals surface area contributed by atoms with Gasteiger partial charge in [0.15, 0.2) is 11.5 Å².